The monoisotopic (exact) mass is 524 g/mol. The number of hydrogen-bond acceptors (Lipinski definition) is 6. The standard InChI is InChI=1S/C29H40N4O3S/c1-21-7-5-6-8-22(21)13-16-30-18-15-26(35)33(24-9-3-2-4-10-24)20-19-31-17-14-23-11-12-25(34)27-28(23)37-29(36)32-27/h5-8,11-12,24,30-31,34H,2-4,9-10,13-20H2,1H3,(H,32,36). The van der Waals surface area contributed by atoms with Gasteiger partial charge in [-0.15, -0.1) is 0 Å². The average molecular weight is 525 g/mol. The van der Waals surface area contributed by atoms with Gasteiger partial charge < -0.3 is 25.6 Å². The molecule has 1 saturated carbocycles. The topological polar surface area (TPSA) is 97.5 Å². The summed E-state index contributed by atoms with van der Waals surface area (Å²) in [6, 6.07) is 12.3. The highest BCUT2D eigenvalue weighted by Crippen LogP contribution is 2.28. The maximum Gasteiger partial charge on any atom is 0.305 e. The smallest absolute Gasteiger partial charge is 0.305 e. The summed E-state index contributed by atoms with van der Waals surface area (Å²) in [5, 5.41) is 16.9. The van der Waals surface area contributed by atoms with Gasteiger partial charge in [0.25, 0.3) is 0 Å². The van der Waals surface area contributed by atoms with Crippen molar-refractivity contribution in [2.75, 3.05) is 32.7 Å². The molecule has 8 heteroatoms. The van der Waals surface area contributed by atoms with Gasteiger partial charge in [-0.1, -0.05) is 60.9 Å². The molecule has 200 valence electrons. The first kappa shape index (κ1) is 27.4. The second-order valence-electron chi connectivity index (χ2n) is 10.0. The maximum atomic E-state index is 13.2. The number of benzene rings is 2. The first-order valence-electron chi connectivity index (χ1n) is 13.6. The lowest BCUT2D eigenvalue weighted by atomic mass is 9.94. The summed E-state index contributed by atoms with van der Waals surface area (Å²) in [4.78, 5) is 29.6. The number of thiazole rings is 1. The van der Waals surface area contributed by atoms with E-state index < -0.39 is 0 Å². The molecule has 0 radical (unpaired) electrons. The van der Waals surface area contributed by atoms with Crippen molar-refractivity contribution >= 4 is 27.5 Å². The number of phenols is 1. The molecule has 0 atom stereocenters. The Labute approximate surface area is 223 Å². The Morgan fingerprint density at radius 2 is 1.73 bits per heavy atom. The number of rotatable bonds is 13. The van der Waals surface area contributed by atoms with E-state index in [1.807, 2.05) is 6.07 Å². The van der Waals surface area contributed by atoms with E-state index in [4.69, 9.17) is 0 Å². The molecule has 7 nitrogen and oxygen atoms in total. The SMILES string of the molecule is Cc1ccccc1CCNCCC(=O)N(CCNCCc1ccc(O)c2[nH]c(=O)sc12)C1CCCCC1. The second-order valence-corrected chi connectivity index (χ2v) is 11.0. The van der Waals surface area contributed by atoms with Crippen molar-refractivity contribution in [2.24, 2.45) is 0 Å². The molecule has 1 fully saturated rings. The highest BCUT2D eigenvalue weighted by Gasteiger charge is 2.24. The Kier molecular flexibility index (Phi) is 10.2. The van der Waals surface area contributed by atoms with Crippen LogP contribution in [0, 0.1) is 6.92 Å². The Balaban J connectivity index is 1.22. The first-order valence-corrected chi connectivity index (χ1v) is 14.4. The van der Waals surface area contributed by atoms with E-state index in [0.29, 0.717) is 24.5 Å². The van der Waals surface area contributed by atoms with E-state index >= 15 is 0 Å². The molecule has 1 aromatic heterocycles. The van der Waals surface area contributed by atoms with Crippen LogP contribution in [0.4, 0.5) is 0 Å². The van der Waals surface area contributed by atoms with E-state index in [1.165, 1.54) is 30.4 Å². The summed E-state index contributed by atoms with van der Waals surface area (Å²) in [6.07, 6.45) is 8.14. The van der Waals surface area contributed by atoms with E-state index in [2.05, 4.69) is 51.7 Å². The molecular formula is C29H40N4O3S. The van der Waals surface area contributed by atoms with Crippen LogP contribution in [0.1, 0.15) is 55.2 Å². The highest BCUT2D eigenvalue weighted by molar-refractivity contribution is 7.16. The molecule has 4 rings (SSSR count). The minimum Gasteiger partial charge on any atom is -0.506 e. The van der Waals surface area contributed by atoms with Crippen LogP contribution in [0.25, 0.3) is 10.2 Å². The van der Waals surface area contributed by atoms with Gasteiger partial charge in [0, 0.05) is 32.1 Å². The number of fused-ring (bicyclic) bond motifs is 1. The largest absolute Gasteiger partial charge is 0.506 e. The Morgan fingerprint density at radius 3 is 2.51 bits per heavy atom. The molecule has 0 spiro atoms. The zero-order chi connectivity index (χ0) is 26.0. The van der Waals surface area contributed by atoms with Gasteiger partial charge in [-0.2, -0.15) is 0 Å². The van der Waals surface area contributed by atoms with Crippen LogP contribution in [0.5, 0.6) is 5.75 Å². The Hall–Kier alpha value is -2.68. The zero-order valence-electron chi connectivity index (χ0n) is 21.9. The number of aryl methyl sites for hydroxylation is 1. The van der Waals surface area contributed by atoms with Gasteiger partial charge in [-0.3, -0.25) is 9.59 Å². The third-order valence-corrected chi connectivity index (χ3v) is 8.38. The number of aromatic amines is 1. The first-order chi connectivity index (χ1) is 18.0. The fraction of sp³-hybridized carbons (Fsp3) is 0.517. The van der Waals surface area contributed by atoms with Crippen LogP contribution in [-0.2, 0) is 17.6 Å². The van der Waals surface area contributed by atoms with E-state index in [0.717, 1.165) is 73.5 Å². The maximum absolute atomic E-state index is 13.2. The fourth-order valence-electron chi connectivity index (χ4n) is 5.30. The number of hydrogen-bond donors (Lipinski definition) is 4. The number of phenolic OH excluding ortho intramolecular Hbond substituents is 1. The molecule has 4 N–H and O–H groups in total. The zero-order valence-corrected chi connectivity index (χ0v) is 22.7. The predicted octanol–water partition coefficient (Wildman–Crippen LogP) is 4.12. The summed E-state index contributed by atoms with van der Waals surface area (Å²) in [5.74, 6) is 0.353. The molecule has 0 unspecified atom stereocenters. The molecular weight excluding hydrogens is 484 g/mol. The Bertz CT molecular complexity index is 1220. The number of nitrogens with one attached hydrogen (secondary N) is 3. The lowest BCUT2D eigenvalue weighted by Gasteiger charge is -2.34. The third kappa shape index (κ3) is 7.66. The summed E-state index contributed by atoms with van der Waals surface area (Å²) < 4.78 is 0.820. The lowest BCUT2D eigenvalue weighted by Crippen LogP contribution is -2.45. The number of amides is 1. The van der Waals surface area contributed by atoms with Crippen molar-refractivity contribution in [2.45, 2.75) is 64.3 Å². The normalized spacial score (nSPS) is 14.3. The molecule has 0 bridgehead atoms. The molecule has 1 amide bonds. The van der Waals surface area contributed by atoms with Crippen molar-refractivity contribution in [1.29, 1.82) is 0 Å². The third-order valence-electron chi connectivity index (χ3n) is 7.42. The summed E-state index contributed by atoms with van der Waals surface area (Å²) >= 11 is 1.14. The predicted molar refractivity (Wildman–Crippen MR) is 152 cm³/mol. The second kappa shape index (κ2) is 13.7. The molecule has 1 aliphatic rings. The molecule has 1 heterocycles. The van der Waals surface area contributed by atoms with Gasteiger partial charge in [0.1, 0.15) is 11.3 Å². The summed E-state index contributed by atoms with van der Waals surface area (Å²) in [7, 11) is 0. The average Bonchev–Trinajstić information content (AvgIpc) is 3.31. The van der Waals surface area contributed by atoms with Gasteiger partial charge in [0.15, 0.2) is 0 Å². The van der Waals surface area contributed by atoms with Crippen LogP contribution in [0.3, 0.4) is 0 Å². The van der Waals surface area contributed by atoms with Crippen molar-refractivity contribution in [3.8, 4) is 5.75 Å². The van der Waals surface area contributed by atoms with Crippen molar-refractivity contribution in [3.05, 3.63) is 62.8 Å². The number of aromatic nitrogens is 1. The van der Waals surface area contributed by atoms with Crippen molar-refractivity contribution < 1.29 is 9.90 Å². The van der Waals surface area contributed by atoms with Gasteiger partial charge >= 0.3 is 4.87 Å². The Morgan fingerprint density at radius 1 is 1.00 bits per heavy atom. The van der Waals surface area contributed by atoms with Crippen LogP contribution >= 0.6 is 11.3 Å². The highest BCUT2D eigenvalue weighted by atomic mass is 32.1. The number of H-pyrrole nitrogens is 1. The fourth-order valence-corrected chi connectivity index (χ4v) is 6.20. The summed E-state index contributed by atoms with van der Waals surface area (Å²) in [6.45, 7) is 5.94. The molecule has 1 aliphatic carbocycles. The van der Waals surface area contributed by atoms with Crippen LogP contribution < -0.4 is 15.5 Å². The van der Waals surface area contributed by atoms with E-state index in [-0.39, 0.29) is 16.5 Å². The van der Waals surface area contributed by atoms with Crippen molar-refractivity contribution in [1.82, 2.24) is 20.5 Å². The van der Waals surface area contributed by atoms with Gasteiger partial charge in [0.05, 0.1) is 4.70 Å². The molecule has 2 aromatic carbocycles. The molecule has 37 heavy (non-hydrogen) atoms. The van der Waals surface area contributed by atoms with Crippen LogP contribution in [-0.4, -0.2) is 59.7 Å². The minimum atomic E-state index is -0.156. The number of aromatic hydroxyl groups is 1. The van der Waals surface area contributed by atoms with Gasteiger partial charge in [-0.05, 0) is 68.5 Å². The lowest BCUT2D eigenvalue weighted by molar-refractivity contribution is -0.134. The number of carbonyl (C=O) groups excluding carboxylic acids is 1. The summed E-state index contributed by atoms with van der Waals surface area (Å²) in [5.41, 5.74) is 4.24. The van der Waals surface area contributed by atoms with E-state index in [9.17, 15) is 14.7 Å². The van der Waals surface area contributed by atoms with Crippen LogP contribution in [0.2, 0.25) is 0 Å². The minimum absolute atomic E-state index is 0.108. The van der Waals surface area contributed by atoms with E-state index in [1.54, 1.807) is 6.07 Å². The van der Waals surface area contributed by atoms with Gasteiger partial charge in [0.2, 0.25) is 5.91 Å². The molecule has 0 saturated heterocycles. The number of carbonyl (C=O) groups is 1. The van der Waals surface area contributed by atoms with Crippen molar-refractivity contribution in [3.63, 3.8) is 0 Å². The molecule has 0 aliphatic heterocycles. The van der Waals surface area contributed by atoms with Crippen LogP contribution in [0.15, 0.2) is 41.2 Å². The molecule has 3 aromatic rings. The quantitative estimate of drug-likeness (QED) is 0.252. The number of nitrogens with zero attached hydrogens (tertiary/aromatic N) is 1. The van der Waals surface area contributed by atoms with Gasteiger partial charge in [-0.25, -0.2) is 0 Å².